The first kappa shape index (κ1) is 19.0. The van der Waals surface area contributed by atoms with Crippen LogP contribution in [0.4, 0.5) is 25.7 Å². The number of hydrogen-bond acceptors (Lipinski definition) is 10. The summed E-state index contributed by atoms with van der Waals surface area (Å²) in [5.41, 5.74) is 0.602. The third-order valence-electron chi connectivity index (χ3n) is 4.33. The van der Waals surface area contributed by atoms with Crippen molar-refractivity contribution >= 4 is 46.2 Å². The number of hydrazone groups is 1. The molecule has 2 N–H and O–H groups in total. The monoisotopic (exact) mass is 422 g/mol. The Kier molecular flexibility index (Phi) is 4.98. The van der Waals surface area contributed by atoms with Crippen LogP contribution in [0.15, 0.2) is 23.3 Å². The number of carboxylic acids is 1. The molecule has 13 heteroatoms. The molecule has 1 aromatic heterocycles. The van der Waals surface area contributed by atoms with Gasteiger partial charge in [0.1, 0.15) is 18.3 Å². The fraction of sp³-hybridized carbons (Fsp3) is 0.312. The predicted molar refractivity (Wildman–Crippen MR) is 101 cm³/mol. The number of nitrogens with zero attached hydrogens (tertiary/aromatic N) is 6. The van der Waals surface area contributed by atoms with Crippen molar-refractivity contribution in [2.45, 2.75) is 6.10 Å². The summed E-state index contributed by atoms with van der Waals surface area (Å²) in [5, 5.41) is 31.3. The number of amides is 1. The molecule has 1 saturated heterocycles. The molecule has 2 aliphatic heterocycles. The predicted octanol–water partition coefficient (Wildman–Crippen LogP) is 0.963. The fourth-order valence-electron chi connectivity index (χ4n) is 2.90. The number of aromatic nitrogens is 2. The molecular formula is C16H15FN6O5S. The molecule has 4 rings (SSSR count). The second-order valence-corrected chi connectivity index (χ2v) is 7.13. The van der Waals surface area contributed by atoms with Gasteiger partial charge in [0.15, 0.2) is 0 Å². The van der Waals surface area contributed by atoms with Crippen molar-refractivity contribution in [3.05, 3.63) is 29.0 Å². The van der Waals surface area contributed by atoms with Gasteiger partial charge in [-0.25, -0.2) is 19.0 Å². The van der Waals surface area contributed by atoms with Crippen LogP contribution >= 0.6 is 11.3 Å². The summed E-state index contributed by atoms with van der Waals surface area (Å²) in [6.45, 7) is 0.573. The minimum atomic E-state index is -1.16. The molecule has 0 bridgehead atoms. The van der Waals surface area contributed by atoms with Gasteiger partial charge in [0.25, 0.3) is 0 Å². The molecule has 3 heterocycles. The number of hydrogen-bond donors (Lipinski definition) is 2. The summed E-state index contributed by atoms with van der Waals surface area (Å²) < 4.78 is 19.6. The van der Waals surface area contributed by atoms with E-state index >= 15 is 0 Å². The number of halogens is 1. The number of ether oxygens (including phenoxy) is 1. The van der Waals surface area contributed by atoms with Crippen molar-refractivity contribution in [3.8, 4) is 0 Å². The summed E-state index contributed by atoms with van der Waals surface area (Å²) in [6.07, 6.45) is 0.145. The number of cyclic esters (lactones) is 1. The van der Waals surface area contributed by atoms with Gasteiger partial charge in [-0.05, 0) is 18.2 Å². The van der Waals surface area contributed by atoms with E-state index in [0.29, 0.717) is 23.9 Å². The largest absolute Gasteiger partial charge is 0.476 e. The zero-order chi connectivity index (χ0) is 20.5. The van der Waals surface area contributed by atoms with Crippen molar-refractivity contribution in [1.29, 1.82) is 0 Å². The third-order valence-corrected chi connectivity index (χ3v) is 5.26. The Labute approximate surface area is 167 Å². The van der Waals surface area contributed by atoms with E-state index in [-0.39, 0.29) is 23.8 Å². The van der Waals surface area contributed by atoms with Gasteiger partial charge in [0.2, 0.25) is 10.1 Å². The molecule has 11 nitrogen and oxygen atoms in total. The Balaban J connectivity index is 1.48. The van der Waals surface area contributed by atoms with E-state index in [4.69, 9.17) is 14.9 Å². The lowest BCUT2D eigenvalue weighted by atomic mass is 10.2. The highest BCUT2D eigenvalue weighted by Crippen LogP contribution is 2.29. The quantitative estimate of drug-likeness (QED) is 0.723. The second-order valence-electron chi connectivity index (χ2n) is 6.18. The molecule has 2 aromatic rings. The Bertz CT molecular complexity index is 984. The summed E-state index contributed by atoms with van der Waals surface area (Å²) in [6, 6.07) is 4.34. The van der Waals surface area contributed by atoms with Crippen LogP contribution in [0.5, 0.6) is 0 Å². The molecule has 1 amide bonds. The minimum Gasteiger partial charge on any atom is -0.476 e. The lowest BCUT2D eigenvalue weighted by molar-refractivity contribution is 0.0695. The molecule has 0 aliphatic carbocycles. The molecule has 0 unspecified atom stereocenters. The number of rotatable bonds is 5. The molecule has 29 heavy (non-hydrogen) atoms. The van der Waals surface area contributed by atoms with Crippen LogP contribution in [0.25, 0.3) is 0 Å². The topological polar surface area (TPSA) is 132 Å². The van der Waals surface area contributed by atoms with Crippen LogP contribution in [0.1, 0.15) is 9.80 Å². The Morgan fingerprint density at radius 1 is 1.34 bits per heavy atom. The van der Waals surface area contributed by atoms with Crippen LogP contribution < -0.4 is 14.8 Å². The summed E-state index contributed by atoms with van der Waals surface area (Å²) in [5.74, 6) is -1.71. The highest BCUT2D eigenvalue weighted by molar-refractivity contribution is 7.17. The average Bonchev–Trinajstić information content (AvgIpc) is 3.35. The van der Waals surface area contributed by atoms with E-state index in [9.17, 15) is 14.0 Å². The zero-order valence-corrected chi connectivity index (χ0v) is 15.6. The number of aliphatic hydroxyl groups is 1. The molecule has 1 aromatic carbocycles. The molecule has 0 saturated carbocycles. The molecule has 0 radical (unpaired) electrons. The number of carbonyl (C=O) groups excluding carboxylic acids is 1. The van der Waals surface area contributed by atoms with Gasteiger partial charge in [0.05, 0.1) is 31.1 Å². The van der Waals surface area contributed by atoms with Crippen molar-refractivity contribution in [2.75, 3.05) is 41.0 Å². The first-order valence-corrected chi connectivity index (χ1v) is 9.31. The van der Waals surface area contributed by atoms with E-state index < -0.39 is 24.0 Å². The van der Waals surface area contributed by atoms with Gasteiger partial charge in [-0.15, -0.1) is 10.2 Å². The maximum atomic E-state index is 14.7. The smallest absolute Gasteiger partial charge is 0.414 e. The Morgan fingerprint density at radius 2 is 2.17 bits per heavy atom. The number of aliphatic hydroxyl groups excluding tert-OH is 1. The molecule has 0 spiro atoms. The normalized spacial score (nSPS) is 19.0. The van der Waals surface area contributed by atoms with Gasteiger partial charge in [0, 0.05) is 6.54 Å². The van der Waals surface area contributed by atoms with Crippen molar-refractivity contribution in [1.82, 2.24) is 10.2 Å². The number of benzene rings is 1. The summed E-state index contributed by atoms with van der Waals surface area (Å²) in [4.78, 5) is 25.6. The standard InChI is InChI=1S/C16H15FN6O5S/c17-11-5-9(22-6-10(7-24)28-16(22)27)1-2-12(11)21-3-4-23(18-8-21)15-20-19-13(29-15)14(25)26/h1-2,5,8,10,24H,3-4,6-7H2,(H,25,26)/t10-/m1/s1. The van der Waals surface area contributed by atoms with Gasteiger partial charge in [-0.2, -0.15) is 5.10 Å². The van der Waals surface area contributed by atoms with Crippen molar-refractivity contribution in [3.63, 3.8) is 0 Å². The highest BCUT2D eigenvalue weighted by atomic mass is 32.1. The number of carbonyl (C=O) groups is 2. The van der Waals surface area contributed by atoms with Crippen LogP contribution in [0, 0.1) is 5.82 Å². The highest BCUT2D eigenvalue weighted by Gasteiger charge is 2.32. The van der Waals surface area contributed by atoms with E-state index in [1.165, 1.54) is 28.4 Å². The average molecular weight is 422 g/mol. The van der Waals surface area contributed by atoms with Gasteiger partial charge >= 0.3 is 12.1 Å². The summed E-state index contributed by atoms with van der Waals surface area (Å²) >= 11 is 0.897. The van der Waals surface area contributed by atoms with Gasteiger partial charge in [-0.3, -0.25) is 4.90 Å². The number of anilines is 3. The molecule has 2 aliphatic rings. The first-order valence-electron chi connectivity index (χ1n) is 8.50. The van der Waals surface area contributed by atoms with Gasteiger partial charge < -0.3 is 19.8 Å². The van der Waals surface area contributed by atoms with Crippen LogP contribution in [-0.2, 0) is 4.74 Å². The summed E-state index contributed by atoms with van der Waals surface area (Å²) in [7, 11) is 0. The van der Waals surface area contributed by atoms with E-state index in [1.807, 2.05) is 0 Å². The maximum absolute atomic E-state index is 14.7. The Morgan fingerprint density at radius 3 is 2.76 bits per heavy atom. The molecule has 152 valence electrons. The maximum Gasteiger partial charge on any atom is 0.414 e. The van der Waals surface area contributed by atoms with E-state index in [2.05, 4.69) is 15.3 Å². The molecule has 1 fully saturated rings. The lowest BCUT2D eigenvalue weighted by Crippen LogP contribution is -2.38. The van der Waals surface area contributed by atoms with Gasteiger partial charge in [-0.1, -0.05) is 11.3 Å². The minimum absolute atomic E-state index is 0.136. The second kappa shape index (κ2) is 7.60. The van der Waals surface area contributed by atoms with Crippen LogP contribution in [0.2, 0.25) is 0 Å². The first-order chi connectivity index (χ1) is 14.0. The van der Waals surface area contributed by atoms with E-state index in [0.717, 1.165) is 11.3 Å². The SMILES string of the molecule is O=C(O)c1nnc(N2CCN(c3ccc(N4C[C@H](CO)OC4=O)cc3F)C=N2)s1. The molecular weight excluding hydrogens is 407 g/mol. The number of carboxylic acid groups (broad SMARTS) is 1. The third kappa shape index (κ3) is 3.69. The Hall–Kier alpha value is -3.32. The number of aromatic carboxylic acids is 1. The van der Waals surface area contributed by atoms with Crippen molar-refractivity contribution < 1.29 is 28.9 Å². The zero-order valence-electron chi connectivity index (χ0n) is 14.8. The van der Waals surface area contributed by atoms with Crippen molar-refractivity contribution in [2.24, 2.45) is 5.10 Å². The van der Waals surface area contributed by atoms with Crippen LogP contribution in [0.3, 0.4) is 0 Å². The lowest BCUT2D eigenvalue weighted by Gasteiger charge is -2.28. The fourth-order valence-corrected chi connectivity index (χ4v) is 3.57. The molecule has 1 atom stereocenters. The van der Waals surface area contributed by atoms with E-state index in [1.54, 1.807) is 11.0 Å². The van der Waals surface area contributed by atoms with Crippen LogP contribution in [-0.4, -0.2) is 71.2 Å².